The second kappa shape index (κ2) is 20.9. The lowest BCUT2D eigenvalue weighted by Crippen LogP contribution is -2.27. The minimum absolute atomic E-state index is 0.0449. The topological polar surface area (TPSA) is 63.3 Å². The van der Waals surface area contributed by atoms with Crippen molar-refractivity contribution >= 4 is 5.78 Å². The van der Waals surface area contributed by atoms with E-state index in [-0.39, 0.29) is 12.3 Å². The van der Waals surface area contributed by atoms with Crippen LogP contribution in [0.15, 0.2) is 48.6 Å². The fraction of sp³-hybridized carbons (Fsp3) is 0.625. The van der Waals surface area contributed by atoms with Gasteiger partial charge in [-0.15, -0.1) is 0 Å². The van der Waals surface area contributed by atoms with Crippen LogP contribution in [0.2, 0.25) is 0 Å². The molecule has 0 radical (unpaired) electrons. The zero-order valence-corrected chi connectivity index (χ0v) is 17.3. The summed E-state index contributed by atoms with van der Waals surface area (Å²) in [5.41, 5.74) is 5.21. The summed E-state index contributed by atoms with van der Waals surface area (Å²) in [6.45, 7) is 2.22. The van der Waals surface area contributed by atoms with Gasteiger partial charge in [-0.1, -0.05) is 114 Å². The Kier molecular flexibility index (Phi) is 19.7. The Balaban J connectivity index is 3.46. The fourth-order valence-electron chi connectivity index (χ4n) is 2.74. The normalized spacial score (nSPS) is 13.6. The lowest BCUT2D eigenvalue weighted by molar-refractivity contribution is -0.121. The predicted molar refractivity (Wildman–Crippen MR) is 118 cm³/mol. The molecular formula is C24H41NO2. The van der Waals surface area contributed by atoms with Crippen molar-refractivity contribution in [3.63, 3.8) is 0 Å². The van der Waals surface area contributed by atoms with Gasteiger partial charge in [-0.05, 0) is 18.9 Å². The predicted octanol–water partition coefficient (Wildman–Crippen LogP) is 5.80. The molecule has 1 atom stereocenters. The highest BCUT2D eigenvalue weighted by atomic mass is 16.3. The van der Waals surface area contributed by atoms with Crippen LogP contribution in [0.4, 0.5) is 0 Å². The van der Waals surface area contributed by atoms with Gasteiger partial charge in [-0.2, -0.15) is 0 Å². The zero-order chi connectivity index (χ0) is 20.0. The second-order valence-electron chi connectivity index (χ2n) is 7.04. The number of ketones is 1. The zero-order valence-electron chi connectivity index (χ0n) is 17.3. The number of aliphatic hydroxyl groups excluding tert-OH is 1. The molecule has 154 valence electrons. The first-order chi connectivity index (χ1) is 13.2. The van der Waals surface area contributed by atoms with Crippen molar-refractivity contribution in [2.45, 2.75) is 90.1 Å². The van der Waals surface area contributed by atoms with Gasteiger partial charge in [0.05, 0.1) is 0 Å². The molecule has 0 aromatic carbocycles. The number of nitrogens with two attached hydrogens (primary N) is 1. The quantitative estimate of drug-likeness (QED) is 0.181. The summed E-state index contributed by atoms with van der Waals surface area (Å²) < 4.78 is 0. The van der Waals surface area contributed by atoms with Crippen LogP contribution in [0, 0.1) is 0 Å². The molecule has 3 heteroatoms. The minimum Gasteiger partial charge on any atom is -0.384 e. The first-order valence-electron chi connectivity index (χ1n) is 10.8. The fourth-order valence-corrected chi connectivity index (χ4v) is 2.74. The summed E-state index contributed by atoms with van der Waals surface area (Å²) in [6, 6.07) is 0. The van der Waals surface area contributed by atoms with E-state index >= 15 is 0 Å². The Morgan fingerprint density at radius 3 is 1.81 bits per heavy atom. The van der Waals surface area contributed by atoms with Gasteiger partial charge in [-0.25, -0.2) is 0 Å². The summed E-state index contributed by atoms with van der Waals surface area (Å²) >= 11 is 0. The van der Waals surface area contributed by atoms with Crippen LogP contribution < -0.4 is 5.73 Å². The average molecular weight is 376 g/mol. The van der Waals surface area contributed by atoms with E-state index in [1.807, 2.05) is 18.2 Å². The maximum atomic E-state index is 11.3. The third-order valence-corrected chi connectivity index (χ3v) is 4.48. The van der Waals surface area contributed by atoms with Gasteiger partial charge in [-0.3, -0.25) is 4.79 Å². The Bertz CT molecular complexity index is 449. The summed E-state index contributed by atoms with van der Waals surface area (Å²) in [7, 11) is 0. The van der Waals surface area contributed by atoms with Crippen LogP contribution in [0.25, 0.3) is 0 Å². The van der Waals surface area contributed by atoms with Crippen LogP contribution >= 0.6 is 0 Å². The second-order valence-corrected chi connectivity index (χ2v) is 7.04. The van der Waals surface area contributed by atoms with Gasteiger partial charge in [0.2, 0.25) is 0 Å². The Hall–Kier alpha value is -1.45. The molecule has 0 aliphatic carbocycles. The molecule has 0 heterocycles. The van der Waals surface area contributed by atoms with E-state index < -0.39 is 6.10 Å². The number of hydrogen-bond acceptors (Lipinski definition) is 3. The molecule has 27 heavy (non-hydrogen) atoms. The Morgan fingerprint density at radius 1 is 0.778 bits per heavy atom. The van der Waals surface area contributed by atoms with E-state index in [0.717, 1.165) is 6.42 Å². The molecule has 0 aliphatic rings. The summed E-state index contributed by atoms with van der Waals surface area (Å²) in [5, 5.41) is 9.20. The molecule has 0 saturated carbocycles. The number of unbranched alkanes of at least 4 members (excludes halogenated alkanes) is 11. The van der Waals surface area contributed by atoms with E-state index in [0.29, 0.717) is 0 Å². The summed E-state index contributed by atoms with van der Waals surface area (Å²) in [5.74, 6) is -0.363. The number of carbonyl (C=O) groups excluding carboxylic acids is 1. The number of hydrogen-bond donors (Lipinski definition) is 2. The first-order valence-corrected chi connectivity index (χ1v) is 10.8. The van der Waals surface area contributed by atoms with Crippen LogP contribution in [-0.4, -0.2) is 23.5 Å². The molecule has 0 aromatic heterocycles. The molecule has 0 spiro atoms. The number of aliphatic hydroxyl groups is 1. The van der Waals surface area contributed by atoms with Crippen molar-refractivity contribution in [1.29, 1.82) is 0 Å². The van der Waals surface area contributed by atoms with Crippen molar-refractivity contribution < 1.29 is 9.90 Å². The Morgan fingerprint density at radius 2 is 1.26 bits per heavy atom. The van der Waals surface area contributed by atoms with E-state index in [2.05, 4.69) is 19.1 Å². The molecular weight excluding hydrogens is 334 g/mol. The highest BCUT2D eigenvalue weighted by molar-refractivity contribution is 5.93. The standard InChI is InChI=1S/C24H41NO2/c1-2-3-4-5-6-7-8-9-10-11-12-13-14-15-16-17-18-19-20-21-23(26)24(27)22-25/h14-21,24,27H,2-13,22,25H2,1H3/b15-14+,17-16+,19-18+,21-20+. The molecule has 0 bridgehead atoms. The Labute approximate surface area is 167 Å². The van der Waals surface area contributed by atoms with E-state index in [9.17, 15) is 9.90 Å². The maximum absolute atomic E-state index is 11.3. The van der Waals surface area contributed by atoms with Crippen LogP contribution in [-0.2, 0) is 4.79 Å². The molecule has 0 saturated heterocycles. The molecule has 3 N–H and O–H groups in total. The summed E-state index contributed by atoms with van der Waals surface area (Å²) in [4.78, 5) is 11.3. The smallest absolute Gasteiger partial charge is 0.185 e. The van der Waals surface area contributed by atoms with Gasteiger partial charge in [0, 0.05) is 6.54 Å². The molecule has 0 aliphatic heterocycles. The highest BCUT2D eigenvalue weighted by Gasteiger charge is 2.07. The number of carbonyl (C=O) groups is 1. The van der Waals surface area contributed by atoms with Crippen molar-refractivity contribution in [3.05, 3.63) is 48.6 Å². The van der Waals surface area contributed by atoms with E-state index in [1.54, 1.807) is 12.2 Å². The van der Waals surface area contributed by atoms with Gasteiger partial charge >= 0.3 is 0 Å². The minimum atomic E-state index is -1.09. The van der Waals surface area contributed by atoms with Crippen molar-refractivity contribution in [2.24, 2.45) is 5.73 Å². The monoisotopic (exact) mass is 375 g/mol. The molecule has 0 aromatic rings. The highest BCUT2D eigenvalue weighted by Crippen LogP contribution is 2.11. The summed E-state index contributed by atoms with van der Waals surface area (Å²) in [6.07, 6.45) is 30.0. The number of rotatable bonds is 18. The third-order valence-electron chi connectivity index (χ3n) is 4.48. The maximum Gasteiger partial charge on any atom is 0.185 e. The molecule has 3 nitrogen and oxygen atoms in total. The van der Waals surface area contributed by atoms with Crippen molar-refractivity contribution in [3.8, 4) is 0 Å². The van der Waals surface area contributed by atoms with Gasteiger partial charge < -0.3 is 10.8 Å². The van der Waals surface area contributed by atoms with Crippen LogP contribution in [0.1, 0.15) is 84.0 Å². The lowest BCUT2D eigenvalue weighted by Gasteiger charge is -2.01. The van der Waals surface area contributed by atoms with Gasteiger partial charge in [0.15, 0.2) is 5.78 Å². The van der Waals surface area contributed by atoms with E-state index in [1.165, 1.54) is 76.7 Å². The lowest BCUT2D eigenvalue weighted by atomic mass is 10.1. The van der Waals surface area contributed by atoms with Gasteiger partial charge in [0.25, 0.3) is 0 Å². The molecule has 0 amide bonds. The van der Waals surface area contributed by atoms with Crippen LogP contribution in [0.3, 0.4) is 0 Å². The van der Waals surface area contributed by atoms with E-state index in [4.69, 9.17) is 5.73 Å². The average Bonchev–Trinajstić information content (AvgIpc) is 2.68. The molecule has 1 unspecified atom stereocenters. The first kappa shape index (κ1) is 25.6. The van der Waals surface area contributed by atoms with Crippen molar-refractivity contribution in [1.82, 2.24) is 0 Å². The largest absolute Gasteiger partial charge is 0.384 e. The van der Waals surface area contributed by atoms with Crippen molar-refractivity contribution in [2.75, 3.05) is 6.54 Å². The van der Waals surface area contributed by atoms with Gasteiger partial charge in [0.1, 0.15) is 6.10 Å². The number of allylic oxidation sites excluding steroid dienone is 7. The van der Waals surface area contributed by atoms with Crippen LogP contribution in [0.5, 0.6) is 0 Å². The SMILES string of the molecule is CCCCCCCCCCCCC/C=C/C=C/C=C/C=C/C(=O)C(O)CN. The molecule has 0 fully saturated rings. The third kappa shape index (κ3) is 19.1. The molecule has 0 rings (SSSR count).